The first-order chi connectivity index (χ1) is 40.7. The lowest BCUT2D eigenvalue weighted by molar-refractivity contribution is -0.305. The second kappa shape index (κ2) is 58.9. The summed E-state index contributed by atoms with van der Waals surface area (Å²) in [4.78, 5) is 26.6. The van der Waals surface area contributed by atoms with Crippen molar-refractivity contribution in [2.45, 2.75) is 333 Å². The third kappa shape index (κ3) is 46.5. The molecule has 8 unspecified atom stereocenters. The fourth-order valence-electron chi connectivity index (χ4n) is 10.1. The summed E-state index contributed by atoms with van der Waals surface area (Å²) in [5.74, 6) is -1.23. The lowest BCUT2D eigenvalue weighted by Gasteiger charge is -2.41. The van der Waals surface area contributed by atoms with Gasteiger partial charge in [0, 0.05) is 6.42 Å². The molecule has 1 fully saturated rings. The van der Waals surface area contributed by atoms with Crippen molar-refractivity contribution in [3.63, 3.8) is 0 Å². The maximum atomic E-state index is 13.5. The molecule has 1 amide bonds. The van der Waals surface area contributed by atoms with E-state index in [2.05, 4.69) is 111 Å². The van der Waals surface area contributed by atoms with E-state index in [1.807, 2.05) is 6.08 Å². The maximum Gasteiger partial charge on any atom is 0.306 e. The van der Waals surface area contributed by atoms with E-state index in [9.17, 15) is 35.1 Å². The second-order valence-electron chi connectivity index (χ2n) is 23.2. The van der Waals surface area contributed by atoms with E-state index in [-0.39, 0.29) is 19.4 Å². The maximum absolute atomic E-state index is 13.5. The predicted molar refractivity (Wildman–Crippen MR) is 347 cm³/mol. The Kier molecular flexibility index (Phi) is 55.1. The Balaban J connectivity index is 2.60. The van der Waals surface area contributed by atoms with Gasteiger partial charge in [0.05, 0.1) is 25.4 Å². The van der Waals surface area contributed by atoms with Crippen LogP contribution in [0.25, 0.3) is 0 Å². The highest BCUT2D eigenvalue weighted by molar-refractivity contribution is 5.80. The second-order valence-corrected chi connectivity index (χ2v) is 23.2. The van der Waals surface area contributed by atoms with E-state index in [0.29, 0.717) is 12.8 Å². The van der Waals surface area contributed by atoms with Crippen molar-refractivity contribution in [3.8, 4) is 0 Å². The molecule has 0 aromatic heterocycles. The SMILES string of the molecule is CC/C=C\C/C=C\C/C=C\C/C=C\C/C=C\CCCCCC(=O)OC1C(OCC(NC(=O)C(O)CCCCCCCCCCCCCCCC/C=C\C/C=C\CCCCC)C(O)/C=C/CCCCCCCCCCC)OC(CO)C(O)C1O. The number of esters is 1. The Morgan fingerprint density at radius 3 is 1.33 bits per heavy atom. The molecule has 8 atom stereocenters. The van der Waals surface area contributed by atoms with Gasteiger partial charge in [-0.25, -0.2) is 0 Å². The van der Waals surface area contributed by atoms with Gasteiger partial charge in [0.25, 0.3) is 0 Å². The van der Waals surface area contributed by atoms with Crippen LogP contribution in [0.4, 0.5) is 0 Å². The molecule has 0 aromatic carbocycles. The van der Waals surface area contributed by atoms with Crippen LogP contribution in [0.5, 0.6) is 0 Å². The number of aliphatic hydroxyl groups is 5. The number of hydrogen-bond donors (Lipinski definition) is 6. The van der Waals surface area contributed by atoms with Crippen molar-refractivity contribution in [2.24, 2.45) is 0 Å². The van der Waals surface area contributed by atoms with E-state index in [1.54, 1.807) is 6.08 Å². The summed E-state index contributed by atoms with van der Waals surface area (Å²) in [7, 11) is 0. The van der Waals surface area contributed by atoms with Gasteiger partial charge in [-0.1, -0.05) is 272 Å². The van der Waals surface area contributed by atoms with Gasteiger partial charge in [0.15, 0.2) is 12.4 Å². The number of rotatable bonds is 57. The molecule has 11 heteroatoms. The summed E-state index contributed by atoms with van der Waals surface area (Å²) in [5, 5.41) is 57.1. The molecule has 1 saturated heterocycles. The summed E-state index contributed by atoms with van der Waals surface area (Å²) in [6.45, 7) is 5.64. The van der Waals surface area contributed by atoms with Crippen LogP contribution in [0.1, 0.15) is 284 Å². The van der Waals surface area contributed by atoms with Crippen LogP contribution >= 0.6 is 0 Å². The number of carbonyl (C=O) groups is 2. The highest BCUT2D eigenvalue weighted by atomic mass is 16.7. The highest BCUT2D eigenvalue weighted by Crippen LogP contribution is 2.26. The van der Waals surface area contributed by atoms with Crippen LogP contribution in [-0.4, -0.2) is 99.6 Å². The number of amides is 1. The topological polar surface area (TPSA) is 175 Å². The minimum atomic E-state index is -1.63. The first-order valence-corrected chi connectivity index (χ1v) is 34.0. The average Bonchev–Trinajstić information content (AvgIpc) is 3.69. The van der Waals surface area contributed by atoms with Crippen molar-refractivity contribution in [2.75, 3.05) is 13.2 Å². The first kappa shape index (κ1) is 77.6. The summed E-state index contributed by atoms with van der Waals surface area (Å²) >= 11 is 0. The molecule has 478 valence electrons. The van der Waals surface area contributed by atoms with Crippen LogP contribution in [0.2, 0.25) is 0 Å². The van der Waals surface area contributed by atoms with Gasteiger partial charge in [-0.3, -0.25) is 9.59 Å². The molecule has 0 spiro atoms. The standard InChI is InChI=1S/C72H125NO10/c1-4-7-10-13-16-19-22-24-26-28-30-31-32-33-34-36-37-39-41-44-47-50-53-56-59-65(76)71(80)73-63(64(75)58-55-52-49-46-43-21-18-15-12-9-6-3)62-81-72-70(69(79)68(78)66(61-74)82-72)83-67(77)60-57-54-51-48-45-42-40-38-35-29-27-25-23-20-17-14-11-8-5-2/h8,11,16-17,19-20,24-27,35,38,42,45,55,58,63-66,68-70,72,74-76,78-79H,4-7,9-10,12-15,18,21-23,28-34,36-37,39-41,43-44,46-54,56-57,59-62H2,1-3H3,(H,73,80)/b11-8-,19-16-,20-17-,26-24-,27-25-,38-35-,45-42-,58-55+. The molecule has 0 radical (unpaired) electrons. The van der Waals surface area contributed by atoms with Crippen LogP contribution in [0, 0.1) is 0 Å². The molecular formula is C72H125NO10. The van der Waals surface area contributed by atoms with Gasteiger partial charge in [0.2, 0.25) is 5.91 Å². The number of unbranched alkanes of at least 4 members (excludes halogenated alkanes) is 29. The average molecular weight is 1160 g/mol. The number of nitrogens with one attached hydrogen (secondary N) is 1. The lowest BCUT2D eigenvalue weighted by atomic mass is 9.99. The minimum absolute atomic E-state index is 0.0809. The molecule has 1 aliphatic rings. The van der Waals surface area contributed by atoms with E-state index in [1.165, 1.54) is 141 Å². The minimum Gasteiger partial charge on any atom is -0.454 e. The van der Waals surface area contributed by atoms with Gasteiger partial charge in [-0.15, -0.1) is 0 Å². The third-order valence-corrected chi connectivity index (χ3v) is 15.5. The van der Waals surface area contributed by atoms with Crippen LogP contribution in [-0.2, 0) is 23.8 Å². The molecule has 83 heavy (non-hydrogen) atoms. The smallest absolute Gasteiger partial charge is 0.306 e. The Bertz CT molecular complexity index is 1720. The number of hydrogen-bond acceptors (Lipinski definition) is 10. The largest absolute Gasteiger partial charge is 0.454 e. The third-order valence-electron chi connectivity index (χ3n) is 15.5. The quantitative estimate of drug-likeness (QED) is 0.0195. The Labute approximate surface area is 507 Å². The normalized spacial score (nSPS) is 19.2. The van der Waals surface area contributed by atoms with Gasteiger partial charge in [-0.2, -0.15) is 0 Å². The summed E-state index contributed by atoms with van der Waals surface area (Å²) < 4.78 is 17.6. The first-order valence-electron chi connectivity index (χ1n) is 34.0. The Hall–Kier alpha value is -3.42. The van der Waals surface area contributed by atoms with E-state index < -0.39 is 67.4 Å². The fraction of sp³-hybridized carbons (Fsp3) is 0.750. The van der Waals surface area contributed by atoms with Crippen molar-refractivity contribution < 1.29 is 49.3 Å². The number of aliphatic hydroxyl groups excluding tert-OH is 5. The van der Waals surface area contributed by atoms with E-state index >= 15 is 0 Å². The molecule has 1 rings (SSSR count). The van der Waals surface area contributed by atoms with Crippen LogP contribution in [0.3, 0.4) is 0 Å². The zero-order valence-corrected chi connectivity index (χ0v) is 53.0. The summed E-state index contributed by atoms with van der Waals surface area (Å²) in [6.07, 6.45) is 68.8. The molecular weight excluding hydrogens is 1040 g/mol. The Morgan fingerprint density at radius 1 is 0.482 bits per heavy atom. The van der Waals surface area contributed by atoms with Crippen molar-refractivity contribution >= 4 is 11.9 Å². The summed E-state index contributed by atoms with van der Waals surface area (Å²) in [5.41, 5.74) is 0. The molecule has 0 bridgehead atoms. The summed E-state index contributed by atoms with van der Waals surface area (Å²) in [6, 6.07) is -1.04. The fourth-order valence-corrected chi connectivity index (χ4v) is 10.1. The molecule has 6 N–H and O–H groups in total. The molecule has 0 aliphatic carbocycles. The van der Waals surface area contributed by atoms with Crippen molar-refractivity contribution in [1.29, 1.82) is 0 Å². The lowest BCUT2D eigenvalue weighted by Crippen LogP contribution is -2.61. The molecule has 0 saturated carbocycles. The van der Waals surface area contributed by atoms with E-state index in [4.69, 9.17) is 14.2 Å². The number of ether oxygens (including phenoxy) is 3. The molecule has 1 heterocycles. The van der Waals surface area contributed by atoms with Crippen LogP contribution in [0.15, 0.2) is 97.2 Å². The van der Waals surface area contributed by atoms with Gasteiger partial charge in [-0.05, 0) is 103 Å². The van der Waals surface area contributed by atoms with E-state index in [0.717, 1.165) is 96.3 Å². The molecule has 0 aromatic rings. The molecule has 1 aliphatic heterocycles. The van der Waals surface area contributed by atoms with Gasteiger partial charge in [0.1, 0.15) is 24.4 Å². The van der Waals surface area contributed by atoms with Gasteiger partial charge >= 0.3 is 5.97 Å². The monoisotopic (exact) mass is 1160 g/mol. The Morgan fingerprint density at radius 2 is 0.867 bits per heavy atom. The number of carbonyl (C=O) groups excluding carboxylic acids is 2. The van der Waals surface area contributed by atoms with Crippen LogP contribution < -0.4 is 5.32 Å². The zero-order chi connectivity index (χ0) is 60.3. The molecule has 11 nitrogen and oxygen atoms in total. The van der Waals surface area contributed by atoms with Gasteiger partial charge < -0.3 is 45.1 Å². The zero-order valence-electron chi connectivity index (χ0n) is 53.0. The highest BCUT2D eigenvalue weighted by Gasteiger charge is 2.47. The predicted octanol–water partition coefficient (Wildman–Crippen LogP) is 17.1. The van der Waals surface area contributed by atoms with Crippen molar-refractivity contribution in [3.05, 3.63) is 97.2 Å². The number of allylic oxidation sites excluding steroid dienone is 15. The van der Waals surface area contributed by atoms with Crippen molar-refractivity contribution in [1.82, 2.24) is 5.32 Å².